The SMILES string of the molecule is CN(CC(=O)Nc1ccc(N2CCOCC2)cc1)C(=O)CSCC(=O)Nc1ccc(F)cc1. The largest absolute Gasteiger partial charge is 0.378 e. The van der Waals surface area contributed by atoms with E-state index in [-0.39, 0.29) is 41.6 Å². The van der Waals surface area contributed by atoms with E-state index in [1.165, 1.54) is 29.2 Å². The molecule has 1 saturated heterocycles. The van der Waals surface area contributed by atoms with Crippen molar-refractivity contribution >= 4 is 46.5 Å². The minimum Gasteiger partial charge on any atom is -0.378 e. The van der Waals surface area contributed by atoms with Gasteiger partial charge in [-0.2, -0.15) is 0 Å². The van der Waals surface area contributed by atoms with Gasteiger partial charge in [-0.3, -0.25) is 14.4 Å². The molecule has 8 nitrogen and oxygen atoms in total. The second kappa shape index (κ2) is 12.2. The minimum absolute atomic E-state index is 0.0643. The number of hydrogen-bond donors (Lipinski definition) is 2. The smallest absolute Gasteiger partial charge is 0.243 e. The molecule has 0 aromatic heterocycles. The normalized spacial score (nSPS) is 13.3. The van der Waals surface area contributed by atoms with E-state index in [4.69, 9.17) is 4.74 Å². The number of ether oxygens (including phenoxy) is 1. The second-order valence-electron chi connectivity index (χ2n) is 7.49. The number of amides is 3. The van der Waals surface area contributed by atoms with Crippen molar-refractivity contribution in [3.63, 3.8) is 0 Å². The summed E-state index contributed by atoms with van der Waals surface area (Å²) >= 11 is 1.14. The van der Waals surface area contributed by atoms with E-state index >= 15 is 0 Å². The number of benzene rings is 2. The van der Waals surface area contributed by atoms with Gasteiger partial charge in [-0.15, -0.1) is 11.8 Å². The number of morpholine rings is 1. The molecule has 1 heterocycles. The molecule has 0 atom stereocenters. The maximum absolute atomic E-state index is 12.9. The molecule has 0 spiro atoms. The number of hydrogen-bond acceptors (Lipinski definition) is 6. The Morgan fingerprint density at radius 1 is 0.939 bits per heavy atom. The van der Waals surface area contributed by atoms with Crippen LogP contribution in [0.2, 0.25) is 0 Å². The van der Waals surface area contributed by atoms with Gasteiger partial charge < -0.3 is 25.2 Å². The number of anilines is 3. The van der Waals surface area contributed by atoms with Gasteiger partial charge in [0.15, 0.2) is 0 Å². The monoisotopic (exact) mass is 474 g/mol. The van der Waals surface area contributed by atoms with Gasteiger partial charge in [0.05, 0.1) is 31.3 Å². The van der Waals surface area contributed by atoms with Crippen LogP contribution in [0.4, 0.5) is 21.5 Å². The molecule has 0 unspecified atom stereocenters. The number of carbonyl (C=O) groups excluding carboxylic acids is 3. The van der Waals surface area contributed by atoms with Gasteiger partial charge in [-0.05, 0) is 48.5 Å². The van der Waals surface area contributed by atoms with Crippen LogP contribution in [-0.2, 0) is 19.1 Å². The lowest BCUT2D eigenvalue weighted by atomic mass is 10.2. The van der Waals surface area contributed by atoms with Crippen molar-refractivity contribution in [3.8, 4) is 0 Å². The lowest BCUT2D eigenvalue weighted by Gasteiger charge is -2.28. The topological polar surface area (TPSA) is 91.0 Å². The van der Waals surface area contributed by atoms with Crippen LogP contribution in [0.25, 0.3) is 0 Å². The second-order valence-corrected chi connectivity index (χ2v) is 8.48. The molecular formula is C23H27FN4O4S. The van der Waals surface area contributed by atoms with Crippen molar-refractivity contribution in [1.82, 2.24) is 4.90 Å². The van der Waals surface area contributed by atoms with E-state index in [0.717, 1.165) is 30.5 Å². The molecule has 1 fully saturated rings. The molecule has 0 bridgehead atoms. The Labute approximate surface area is 196 Å². The fourth-order valence-electron chi connectivity index (χ4n) is 3.15. The molecule has 1 aliphatic heterocycles. The number of thioether (sulfide) groups is 1. The van der Waals surface area contributed by atoms with Gasteiger partial charge in [0.2, 0.25) is 17.7 Å². The third kappa shape index (κ3) is 8.07. The first-order chi connectivity index (χ1) is 15.9. The Morgan fingerprint density at radius 3 is 2.15 bits per heavy atom. The summed E-state index contributed by atoms with van der Waals surface area (Å²) in [5, 5.41) is 5.42. The van der Waals surface area contributed by atoms with E-state index < -0.39 is 0 Å². The molecule has 2 N–H and O–H groups in total. The maximum Gasteiger partial charge on any atom is 0.243 e. The van der Waals surface area contributed by atoms with Crippen molar-refractivity contribution in [3.05, 3.63) is 54.3 Å². The Balaban J connectivity index is 1.35. The zero-order valence-corrected chi connectivity index (χ0v) is 19.2. The third-order valence-corrected chi connectivity index (χ3v) is 5.84. The zero-order chi connectivity index (χ0) is 23.6. The van der Waals surface area contributed by atoms with E-state index in [9.17, 15) is 18.8 Å². The molecule has 3 amide bonds. The van der Waals surface area contributed by atoms with Crippen LogP contribution in [0.1, 0.15) is 0 Å². The summed E-state index contributed by atoms with van der Waals surface area (Å²) in [7, 11) is 1.54. The zero-order valence-electron chi connectivity index (χ0n) is 18.4. The number of halogens is 1. The van der Waals surface area contributed by atoms with E-state index in [1.54, 1.807) is 7.05 Å². The number of nitrogens with one attached hydrogen (secondary N) is 2. The van der Waals surface area contributed by atoms with Crippen LogP contribution in [0.15, 0.2) is 48.5 Å². The maximum atomic E-state index is 12.9. The predicted molar refractivity (Wildman–Crippen MR) is 128 cm³/mol. The Morgan fingerprint density at radius 2 is 1.52 bits per heavy atom. The summed E-state index contributed by atoms with van der Waals surface area (Å²) in [6, 6.07) is 13.0. The first-order valence-corrected chi connectivity index (χ1v) is 11.7. The van der Waals surface area contributed by atoms with Crippen LogP contribution in [0.3, 0.4) is 0 Å². The average Bonchev–Trinajstić information content (AvgIpc) is 2.81. The fraction of sp³-hybridized carbons (Fsp3) is 0.348. The average molecular weight is 475 g/mol. The summed E-state index contributed by atoms with van der Waals surface area (Å²) in [6.07, 6.45) is 0. The van der Waals surface area contributed by atoms with Crippen molar-refractivity contribution in [2.24, 2.45) is 0 Å². The van der Waals surface area contributed by atoms with Gasteiger partial charge >= 0.3 is 0 Å². The highest BCUT2D eigenvalue weighted by molar-refractivity contribution is 8.00. The third-order valence-electron chi connectivity index (χ3n) is 4.92. The molecular weight excluding hydrogens is 447 g/mol. The van der Waals surface area contributed by atoms with Crippen molar-refractivity contribution in [1.29, 1.82) is 0 Å². The number of nitrogens with zero attached hydrogens (tertiary/aromatic N) is 2. The van der Waals surface area contributed by atoms with Crippen LogP contribution >= 0.6 is 11.8 Å². The summed E-state index contributed by atoms with van der Waals surface area (Å²) < 4.78 is 18.3. The summed E-state index contributed by atoms with van der Waals surface area (Å²) in [5.41, 5.74) is 2.22. The summed E-state index contributed by atoms with van der Waals surface area (Å²) in [4.78, 5) is 40.0. The van der Waals surface area contributed by atoms with Crippen molar-refractivity contribution in [2.45, 2.75) is 0 Å². The highest BCUT2D eigenvalue weighted by Crippen LogP contribution is 2.19. The number of carbonyl (C=O) groups is 3. The van der Waals surface area contributed by atoms with Gasteiger partial charge in [0.1, 0.15) is 5.82 Å². The molecule has 0 saturated carbocycles. The molecule has 33 heavy (non-hydrogen) atoms. The minimum atomic E-state index is -0.384. The molecule has 2 aromatic rings. The summed E-state index contributed by atoms with van der Waals surface area (Å²) in [5.74, 6) is -1.10. The van der Waals surface area contributed by atoms with Crippen molar-refractivity contribution in [2.75, 3.05) is 66.9 Å². The molecule has 176 valence electrons. The van der Waals surface area contributed by atoms with Crippen LogP contribution in [0, 0.1) is 5.82 Å². The lowest BCUT2D eigenvalue weighted by molar-refractivity contribution is -0.131. The predicted octanol–water partition coefficient (Wildman–Crippen LogP) is 2.43. The van der Waals surface area contributed by atoms with E-state index in [1.807, 2.05) is 24.3 Å². The van der Waals surface area contributed by atoms with Gasteiger partial charge in [0.25, 0.3) is 0 Å². The van der Waals surface area contributed by atoms with Crippen molar-refractivity contribution < 1.29 is 23.5 Å². The van der Waals surface area contributed by atoms with E-state index in [0.29, 0.717) is 24.6 Å². The fourth-order valence-corrected chi connectivity index (χ4v) is 3.91. The number of rotatable bonds is 9. The molecule has 10 heteroatoms. The molecule has 0 radical (unpaired) electrons. The van der Waals surface area contributed by atoms with Gasteiger partial charge in [0, 0.05) is 37.2 Å². The Hall–Kier alpha value is -3.11. The highest BCUT2D eigenvalue weighted by atomic mass is 32.2. The first-order valence-electron chi connectivity index (χ1n) is 10.5. The van der Waals surface area contributed by atoms with Gasteiger partial charge in [-0.1, -0.05) is 0 Å². The van der Waals surface area contributed by atoms with Crippen LogP contribution in [0.5, 0.6) is 0 Å². The quantitative estimate of drug-likeness (QED) is 0.580. The first kappa shape index (κ1) is 24.5. The van der Waals surface area contributed by atoms with E-state index in [2.05, 4.69) is 15.5 Å². The van der Waals surface area contributed by atoms with Gasteiger partial charge in [-0.25, -0.2) is 4.39 Å². The Kier molecular flexibility index (Phi) is 9.08. The lowest BCUT2D eigenvalue weighted by Crippen LogP contribution is -2.36. The molecule has 1 aliphatic rings. The van der Waals surface area contributed by atoms with Crippen LogP contribution in [-0.4, -0.2) is 74.0 Å². The standard InChI is InChI=1S/C23H27FN4O4S/c1-27(23(31)16-33-15-22(30)26-18-4-2-17(24)3-5-18)14-21(29)25-19-6-8-20(9-7-19)28-10-12-32-13-11-28/h2-9H,10-16H2,1H3,(H,25,29)(H,26,30). The summed E-state index contributed by atoms with van der Waals surface area (Å²) in [6.45, 7) is 2.99. The molecule has 3 rings (SSSR count). The highest BCUT2D eigenvalue weighted by Gasteiger charge is 2.15. The Bertz CT molecular complexity index is 950. The molecule has 0 aliphatic carbocycles. The van der Waals surface area contributed by atoms with Crippen LogP contribution < -0.4 is 15.5 Å². The molecule has 2 aromatic carbocycles. The number of likely N-dealkylation sites (N-methyl/N-ethyl adjacent to an activating group) is 1.